The highest BCUT2D eigenvalue weighted by Gasteiger charge is 2.30. The maximum Gasteiger partial charge on any atom is 0.328 e. The molecule has 0 aliphatic carbocycles. The molecule has 1 fully saturated rings. The van der Waals surface area contributed by atoms with Crippen molar-refractivity contribution < 1.29 is 14.5 Å². The van der Waals surface area contributed by atoms with E-state index in [1.165, 1.54) is 31.3 Å². The first-order valence-electron chi connectivity index (χ1n) is 5.05. The van der Waals surface area contributed by atoms with E-state index in [0.29, 0.717) is 0 Å². The fourth-order valence-electron chi connectivity index (χ4n) is 1.55. The van der Waals surface area contributed by atoms with Gasteiger partial charge in [-0.25, -0.2) is 4.79 Å². The molecule has 7 heteroatoms. The Balaban J connectivity index is 2.43. The predicted octanol–water partition coefficient (Wildman–Crippen LogP) is 1.12. The van der Waals surface area contributed by atoms with Gasteiger partial charge in [-0.1, -0.05) is 12.1 Å². The number of hydrogen-bond donors (Lipinski definition) is 1. The third kappa shape index (κ3) is 1.93. The van der Waals surface area contributed by atoms with Crippen LogP contribution in [0.1, 0.15) is 5.56 Å². The van der Waals surface area contributed by atoms with Crippen molar-refractivity contribution in [3.63, 3.8) is 0 Å². The zero-order valence-electron chi connectivity index (χ0n) is 9.41. The monoisotopic (exact) mass is 247 g/mol. The molecule has 7 nitrogen and oxygen atoms in total. The molecule has 1 aromatic carbocycles. The molecule has 3 amide bonds. The van der Waals surface area contributed by atoms with Crippen molar-refractivity contribution in [3.05, 3.63) is 45.6 Å². The number of nitrogens with one attached hydrogen (secondary N) is 1. The van der Waals surface area contributed by atoms with E-state index in [4.69, 9.17) is 0 Å². The number of carbonyl (C=O) groups is 2. The van der Waals surface area contributed by atoms with Gasteiger partial charge in [-0.15, -0.1) is 0 Å². The van der Waals surface area contributed by atoms with Crippen LogP contribution in [0.15, 0.2) is 30.0 Å². The first-order chi connectivity index (χ1) is 8.50. The van der Waals surface area contributed by atoms with Gasteiger partial charge in [-0.3, -0.25) is 19.8 Å². The molecule has 0 unspecified atom stereocenters. The Labute approximate surface area is 102 Å². The number of urea groups is 1. The van der Waals surface area contributed by atoms with Crippen molar-refractivity contribution >= 4 is 23.7 Å². The highest BCUT2D eigenvalue weighted by Crippen LogP contribution is 2.21. The Hall–Kier alpha value is -2.70. The van der Waals surface area contributed by atoms with Crippen LogP contribution in [0.25, 0.3) is 6.08 Å². The summed E-state index contributed by atoms with van der Waals surface area (Å²) in [5.41, 5.74) is 0.167. The number of hydrogen-bond acceptors (Lipinski definition) is 4. The second kappa shape index (κ2) is 4.28. The molecular weight excluding hydrogens is 238 g/mol. The van der Waals surface area contributed by atoms with E-state index in [9.17, 15) is 19.7 Å². The SMILES string of the molecule is CN1C(=O)N/C(=C/c2ccccc2[N+](=O)[O-])C1=O. The number of imide groups is 1. The van der Waals surface area contributed by atoms with Crippen LogP contribution >= 0.6 is 0 Å². The molecule has 2 rings (SSSR count). The van der Waals surface area contributed by atoms with E-state index in [1.807, 2.05) is 0 Å². The molecule has 0 saturated carbocycles. The van der Waals surface area contributed by atoms with Crippen molar-refractivity contribution in [3.8, 4) is 0 Å². The van der Waals surface area contributed by atoms with E-state index in [0.717, 1.165) is 4.90 Å². The lowest BCUT2D eigenvalue weighted by atomic mass is 10.1. The Morgan fingerprint density at radius 2 is 2.00 bits per heavy atom. The molecule has 0 bridgehead atoms. The van der Waals surface area contributed by atoms with Gasteiger partial charge in [0.1, 0.15) is 5.70 Å². The van der Waals surface area contributed by atoms with Crippen LogP contribution in [0.2, 0.25) is 0 Å². The van der Waals surface area contributed by atoms with Crippen molar-refractivity contribution in [1.29, 1.82) is 0 Å². The van der Waals surface area contributed by atoms with Crippen LogP contribution in [0, 0.1) is 10.1 Å². The predicted molar refractivity (Wildman–Crippen MR) is 62.4 cm³/mol. The van der Waals surface area contributed by atoms with Crippen LogP contribution in [0.5, 0.6) is 0 Å². The molecule has 0 aromatic heterocycles. The summed E-state index contributed by atoms with van der Waals surface area (Å²) in [6, 6.07) is 5.43. The summed E-state index contributed by atoms with van der Waals surface area (Å²) in [4.78, 5) is 34.0. The Bertz CT molecular complexity index is 579. The Morgan fingerprint density at radius 1 is 1.33 bits per heavy atom. The Kier molecular flexibility index (Phi) is 2.80. The lowest BCUT2D eigenvalue weighted by Gasteiger charge is -2.00. The maximum atomic E-state index is 11.6. The fraction of sp³-hybridized carbons (Fsp3) is 0.0909. The minimum Gasteiger partial charge on any atom is -0.303 e. The Morgan fingerprint density at radius 3 is 2.56 bits per heavy atom. The lowest BCUT2D eigenvalue weighted by Crippen LogP contribution is -2.25. The lowest BCUT2D eigenvalue weighted by molar-refractivity contribution is -0.385. The van der Waals surface area contributed by atoms with Gasteiger partial charge in [0.2, 0.25) is 0 Å². The van der Waals surface area contributed by atoms with Crippen molar-refractivity contribution in [2.75, 3.05) is 7.05 Å². The molecule has 1 aromatic rings. The van der Waals surface area contributed by atoms with Crippen LogP contribution in [-0.4, -0.2) is 28.8 Å². The minimum absolute atomic E-state index is 0.0248. The maximum absolute atomic E-state index is 11.6. The summed E-state index contributed by atoms with van der Waals surface area (Å²) in [6.07, 6.45) is 1.29. The first kappa shape index (κ1) is 11.8. The van der Waals surface area contributed by atoms with Gasteiger partial charge in [0.25, 0.3) is 11.6 Å². The summed E-state index contributed by atoms with van der Waals surface area (Å²) in [6.45, 7) is 0. The summed E-state index contributed by atoms with van der Waals surface area (Å²) in [5, 5.41) is 13.1. The normalized spacial score (nSPS) is 17.2. The number of amides is 3. The molecule has 18 heavy (non-hydrogen) atoms. The third-order valence-electron chi connectivity index (χ3n) is 2.51. The number of nitrogens with zero attached hydrogens (tertiary/aromatic N) is 2. The molecule has 92 valence electrons. The summed E-state index contributed by atoms with van der Waals surface area (Å²) in [5.74, 6) is -0.516. The summed E-state index contributed by atoms with van der Waals surface area (Å²) < 4.78 is 0. The number of rotatable bonds is 2. The highest BCUT2D eigenvalue weighted by molar-refractivity contribution is 6.13. The van der Waals surface area contributed by atoms with Crippen LogP contribution in [-0.2, 0) is 4.79 Å². The van der Waals surface area contributed by atoms with Crippen LogP contribution < -0.4 is 5.32 Å². The first-order valence-corrected chi connectivity index (χ1v) is 5.05. The zero-order chi connectivity index (χ0) is 13.3. The molecule has 1 heterocycles. The fourth-order valence-corrected chi connectivity index (χ4v) is 1.55. The smallest absolute Gasteiger partial charge is 0.303 e. The van der Waals surface area contributed by atoms with E-state index in [1.54, 1.807) is 6.07 Å². The van der Waals surface area contributed by atoms with Crippen LogP contribution in [0.3, 0.4) is 0 Å². The minimum atomic E-state index is -0.551. The van der Waals surface area contributed by atoms with Crippen LogP contribution in [0.4, 0.5) is 10.5 Å². The van der Waals surface area contributed by atoms with Gasteiger partial charge in [-0.2, -0.15) is 0 Å². The summed E-state index contributed by atoms with van der Waals surface area (Å²) >= 11 is 0. The molecular formula is C11H9N3O4. The molecule has 0 radical (unpaired) electrons. The van der Waals surface area contributed by atoms with E-state index in [2.05, 4.69) is 5.32 Å². The number of likely N-dealkylation sites (N-methyl/N-ethyl adjacent to an activating group) is 1. The number of carbonyl (C=O) groups excluding carboxylic acids is 2. The van der Waals surface area contributed by atoms with E-state index < -0.39 is 16.9 Å². The van der Waals surface area contributed by atoms with Crippen molar-refractivity contribution in [1.82, 2.24) is 10.2 Å². The molecule has 0 atom stereocenters. The molecule has 1 aliphatic rings. The van der Waals surface area contributed by atoms with Gasteiger partial charge in [-0.05, 0) is 12.1 Å². The highest BCUT2D eigenvalue weighted by atomic mass is 16.6. The summed E-state index contributed by atoms with van der Waals surface area (Å²) in [7, 11) is 1.33. The molecule has 1 N–H and O–H groups in total. The largest absolute Gasteiger partial charge is 0.328 e. The van der Waals surface area contributed by atoms with Crippen molar-refractivity contribution in [2.45, 2.75) is 0 Å². The quantitative estimate of drug-likeness (QED) is 0.367. The number of nitro benzene ring substituents is 1. The molecule has 1 aliphatic heterocycles. The third-order valence-corrected chi connectivity index (χ3v) is 2.51. The number of para-hydroxylation sites is 1. The van der Waals surface area contributed by atoms with Gasteiger partial charge in [0, 0.05) is 13.1 Å². The van der Waals surface area contributed by atoms with E-state index >= 15 is 0 Å². The second-order valence-corrected chi connectivity index (χ2v) is 3.67. The van der Waals surface area contributed by atoms with Gasteiger partial charge < -0.3 is 5.32 Å². The van der Waals surface area contributed by atoms with Gasteiger partial charge in [0.15, 0.2) is 0 Å². The van der Waals surface area contributed by atoms with Gasteiger partial charge in [0.05, 0.1) is 10.5 Å². The van der Waals surface area contributed by atoms with Gasteiger partial charge >= 0.3 is 6.03 Å². The van der Waals surface area contributed by atoms with E-state index in [-0.39, 0.29) is 16.9 Å². The average Bonchev–Trinajstić information content (AvgIpc) is 2.57. The molecule has 1 saturated heterocycles. The zero-order valence-corrected chi connectivity index (χ0v) is 9.41. The average molecular weight is 247 g/mol. The number of benzene rings is 1. The topological polar surface area (TPSA) is 92.6 Å². The van der Waals surface area contributed by atoms with Crippen molar-refractivity contribution in [2.24, 2.45) is 0 Å². The standard InChI is InChI=1S/C11H9N3O4/c1-13-10(15)8(12-11(13)16)6-7-4-2-3-5-9(7)14(17)18/h2-6H,1H3,(H,12,16)/b8-6+. The number of nitro groups is 1. The molecule has 0 spiro atoms. The second-order valence-electron chi connectivity index (χ2n) is 3.67.